The molecule has 1 heterocycles. The van der Waals surface area contributed by atoms with Crippen LogP contribution in [0.25, 0.3) is 0 Å². The van der Waals surface area contributed by atoms with Crippen molar-refractivity contribution in [2.75, 3.05) is 18.5 Å². The highest BCUT2D eigenvalue weighted by atomic mass is 16.5. The van der Waals surface area contributed by atoms with Gasteiger partial charge in [0.2, 0.25) is 0 Å². The molecule has 1 N–H and O–H groups in total. The Morgan fingerprint density at radius 1 is 0.970 bits per heavy atom. The summed E-state index contributed by atoms with van der Waals surface area (Å²) in [6.07, 6.45) is 1.75. The number of carbonyl (C=O) groups is 1. The second kappa shape index (κ2) is 12.0. The average Bonchev–Trinajstić information content (AvgIpc) is 2.82. The van der Waals surface area contributed by atoms with Gasteiger partial charge in [0.25, 0.3) is 5.91 Å². The van der Waals surface area contributed by atoms with Gasteiger partial charge in [-0.1, -0.05) is 32.0 Å². The van der Waals surface area contributed by atoms with Gasteiger partial charge in [-0.05, 0) is 63.1 Å². The van der Waals surface area contributed by atoms with Crippen molar-refractivity contribution in [1.29, 1.82) is 0 Å². The first-order valence-electron chi connectivity index (χ1n) is 11.4. The molecule has 0 bridgehead atoms. The van der Waals surface area contributed by atoms with Crippen molar-refractivity contribution in [2.24, 2.45) is 0 Å². The summed E-state index contributed by atoms with van der Waals surface area (Å²) in [5.74, 6) is 1.70. The number of pyridine rings is 1. The van der Waals surface area contributed by atoms with Gasteiger partial charge in [-0.2, -0.15) is 0 Å². The number of rotatable bonds is 11. The molecule has 1 aromatic heterocycles. The van der Waals surface area contributed by atoms with Gasteiger partial charge in [0, 0.05) is 18.4 Å². The molecule has 1 atom stereocenters. The van der Waals surface area contributed by atoms with E-state index >= 15 is 0 Å². The lowest BCUT2D eigenvalue weighted by Crippen LogP contribution is -2.15. The number of aryl methyl sites for hydroxylation is 1. The third-order valence-electron chi connectivity index (χ3n) is 4.97. The summed E-state index contributed by atoms with van der Waals surface area (Å²) in [6.45, 7) is 9.22. The minimum absolute atomic E-state index is 0.112. The van der Waals surface area contributed by atoms with Gasteiger partial charge in [0.05, 0.1) is 29.7 Å². The Morgan fingerprint density at radius 2 is 1.73 bits per heavy atom. The van der Waals surface area contributed by atoms with E-state index in [1.165, 1.54) is 0 Å². The second-order valence-electron chi connectivity index (χ2n) is 7.76. The molecule has 0 saturated heterocycles. The van der Waals surface area contributed by atoms with Gasteiger partial charge in [-0.25, -0.2) is 0 Å². The molecule has 3 rings (SSSR count). The molecule has 6 heteroatoms. The maximum absolute atomic E-state index is 12.9. The Morgan fingerprint density at radius 3 is 2.45 bits per heavy atom. The first-order chi connectivity index (χ1) is 16.0. The maximum Gasteiger partial charge on any atom is 0.257 e. The molecule has 1 amide bonds. The van der Waals surface area contributed by atoms with Crippen molar-refractivity contribution in [3.05, 3.63) is 77.6 Å². The van der Waals surface area contributed by atoms with E-state index in [1.807, 2.05) is 62.4 Å². The van der Waals surface area contributed by atoms with Gasteiger partial charge in [0.1, 0.15) is 5.75 Å². The first kappa shape index (κ1) is 24.3. The van der Waals surface area contributed by atoms with E-state index in [-0.39, 0.29) is 12.0 Å². The minimum Gasteiger partial charge on any atom is -0.490 e. The number of ether oxygens (including phenoxy) is 3. The topological polar surface area (TPSA) is 69.7 Å². The van der Waals surface area contributed by atoms with Crippen LogP contribution in [0.5, 0.6) is 17.2 Å². The quantitative estimate of drug-likeness (QED) is 0.353. The van der Waals surface area contributed by atoms with E-state index in [4.69, 9.17) is 14.2 Å². The Kier molecular flexibility index (Phi) is 8.84. The van der Waals surface area contributed by atoms with Crippen LogP contribution in [0.1, 0.15) is 61.5 Å². The third-order valence-corrected chi connectivity index (χ3v) is 4.97. The van der Waals surface area contributed by atoms with Crippen LogP contribution in [-0.2, 0) is 4.74 Å². The molecule has 0 fully saturated rings. The van der Waals surface area contributed by atoms with Gasteiger partial charge in [-0.15, -0.1) is 0 Å². The van der Waals surface area contributed by atoms with Crippen LogP contribution < -0.4 is 14.8 Å². The molecule has 1 unspecified atom stereocenters. The molecular weight excluding hydrogens is 416 g/mol. The molecular formula is C27H32N2O4. The summed E-state index contributed by atoms with van der Waals surface area (Å²) in [5, 5.41) is 2.94. The lowest BCUT2D eigenvalue weighted by Gasteiger charge is -2.15. The fourth-order valence-corrected chi connectivity index (χ4v) is 3.26. The van der Waals surface area contributed by atoms with Crippen molar-refractivity contribution in [2.45, 2.75) is 46.6 Å². The Labute approximate surface area is 195 Å². The largest absolute Gasteiger partial charge is 0.490 e. The second-order valence-corrected chi connectivity index (χ2v) is 7.76. The van der Waals surface area contributed by atoms with Crippen molar-refractivity contribution >= 4 is 11.6 Å². The van der Waals surface area contributed by atoms with E-state index in [1.54, 1.807) is 12.1 Å². The Hall–Kier alpha value is -3.38. The van der Waals surface area contributed by atoms with Crippen LogP contribution in [-0.4, -0.2) is 24.1 Å². The van der Waals surface area contributed by atoms with E-state index in [0.717, 1.165) is 18.5 Å². The monoisotopic (exact) mass is 448 g/mol. The number of hydrogen-bond donors (Lipinski definition) is 1. The zero-order chi connectivity index (χ0) is 23.6. The van der Waals surface area contributed by atoms with Gasteiger partial charge < -0.3 is 19.5 Å². The predicted octanol–water partition coefficient (Wildman–Crippen LogP) is 6.71. The summed E-state index contributed by atoms with van der Waals surface area (Å²) in [6, 6.07) is 18.5. The van der Waals surface area contributed by atoms with Crippen LogP contribution >= 0.6 is 0 Å². The Balaban J connectivity index is 1.70. The number of hydrogen-bond acceptors (Lipinski definition) is 5. The van der Waals surface area contributed by atoms with E-state index in [0.29, 0.717) is 47.4 Å². The fourth-order valence-electron chi connectivity index (χ4n) is 3.26. The normalized spacial score (nSPS) is 11.6. The lowest BCUT2D eigenvalue weighted by atomic mass is 10.1. The summed E-state index contributed by atoms with van der Waals surface area (Å²) >= 11 is 0. The van der Waals surface area contributed by atoms with Crippen LogP contribution in [0.4, 0.5) is 5.69 Å². The van der Waals surface area contributed by atoms with Crippen molar-refractivity contribution in [1.82, 2.24) is 4.98 Å². The number of amides is 1. The average molecular weight is 449 g/mol. The fraction of sp³-hybridized carbons (Fsp3) is 0.333. The number of aromatic nitrogens is 1. The number of para-hydroxylation sites is 2. The highest BCUT2D eigenvalue weighted by molar-refractivity contribution is 6.05. The highest BCUT2D eigenvalue weighted by Crippen LogP contribution is 2.32. The highest BCUT2D eigenvalue weighted by Gasteiger charge is 2.15. The predicted molar refractivity (Wildman–Crippen MR) is 130 cm³/mol. The molecule has 0 aliphatic rings. The zero-order valence-electron chi connectivity index (χ0n) is 19.8. The first-order valence-corrected chi connectivity index (χ1v) is 11.4. The molecule has 3 aromatic rings. The standard InChI is InChI=1S/C27H32N2O4/c1-5-16-31-20(4)24-15-14-23(19(3)28-24)27(30)29-21-10-9-11-22(18-21)33-26-13-8-7-12-25(26)32-17-6-2/h7-15,18,20H,5-6,16-17H2,1-4H3,(H,29,30). The van der Waals surface area contributed by atoms with Crippen LogP contribution in [0.2, 0.25) is 0 Å². The molecule has 33 heavy (non-hydrogen) atoms. The van der Waals surface area contributed by atoms with Crippen LogP contribution in [0.15, 0.2) is 60.7 Å². The zero-order valence-corrected chi connectivity index (χ0v) is 19.8. The maximum atomic E-state index is 12.9. The molecule has 174 valence electrons. The summed E-state index contributed by atoms with van der Waals surface area (Å²) < 4.78 is 17.5. The number of nitrogens with one attached hydrogen (secondary N) is 1. The summed E-state index contributed by atoms with van der Waals surface area (Å²) in [5.41, 5.74) is 2.63. The molecule has 0 radical (unpaired) electrons. The van der Waals surface area contributed by atoms with Gasteiger partial charge >= 0.3 is 0 Å². The number of anilines is 1. The van der Waals surface area contributed by atoms with E-state index in [9.17, 15) is 4.79 Å². The van der Waals surface area contributed by atoms with Gasteiger partial charge in [-0.3, -0.25) is 9.78 Å². The van der Waals surface area contributed by atoms with Gasteiger partial charge in [0.15, 0.2) is 11.5 Å². The Bertz CT molecular complexity index is 1070. The molecule has 0 aliphatic carbocycles. The van der Waals surface area contributed by atoms with Crippen molar-refractivity contribution < 1.29 is 19.0 Å². The van der Waals surface area contributed by atoms with Crippen LogP contribution in [0.3, 0.4) is 0 Å². The molecule has 0 aliphatic heterocycles. The number of benzene rings is 2. The van der Waals surface area contributed by atoms with Crippen molar-refractivity contribution in [3.8, 4) is 17.2 Å². The summed E-state index contributed by atoms with van der Waals surface area (Å²) in [7, 11) is 0. The smallest absolute Gasteiger partial charge is 0.257 e. The van der Waals surface area contributed by atoms with Crippen molar-refractivity contribution in [3.63, 3.8) is 0 Å². The third kappa shape index (κ3) is 6.80. The molecule has 0 spiro atoms. The lowest BCUT2D eigenvalue weighted by molar-refractivity contribution is 0.0632. The number of nitrogens with zero attached hydrogens (tertiary/aromatic N) is 1. The minimum atomic E-state index is -0.225. The molecule has 0 saturated carbocycles. The molecule has 2 aromatic carbocycles. The van der Waals surface area contributed by atoms with Crippen LogP contribution in [0, 0.1) is 6.92 Å². The van der Waals surface area contributed by atoms with E-state index in [2.05, 4.69) is 24.1 Å². The van der Waals surface area contributed by atoms with E-state index < -0.39 is 0 Å². The number of carbonyl (C=O) groups excluding carboxylic acids is 1. The molecule has 6 nitrogen and oxygen atoms in total. The summed E-state index contributed by atoms with van der Waals surface area (Å²) in [4.78, 5) is 17.5. The SMILES string of the molecule is CCCOc1ccccc1Oc1cccc(NC(=O)c2ccc(C(C)OCCC)nc2C)c1.